The van der Waals surface area contributed by atoms with Crippen molar-refractivity contribution >= 4 is 11.9 Å². The summed E-state index contributed by atoms with van der Waals surface area (Å²) in [5.41, 5.74) is 0.759. The Balaban J connectivity index is 2.15. The number of phenolic OH excluding ortho intramolecular Hbond substituents is 1. The molecule has 3 N–H and O–H groups in total. The van der Waals surface area contributed by atoms with E-state index in [1.165, 1.54) is 44.2 Å². The van der Waals surface area contributed by atoms with Gasteiger partial charge in [0.1, 0.15) is 11.8 Å². The molecule has 0 spiro atoms. The number of phenols is 1. The highest BCUT2D eigenvalue weighted by Gasteiger charge is 2.20. The van der Waals surface area contributed by atoms with Crippen molar-refractivity contribution in [1.29, 1.82) is 0 Å². The molecule has 0 bridgehead atoms. The number of nitrogens with one attached hydrogen (secondary N) is 1. The average Bonchev–Trinajstić information content (AvgIpc) is 2.67. The van der Waals surface area contributed by atoms with E-state index in [-0.39, 0.29) is 18.1 Å². The minimum Gasteiger partial charge on any atom is -0.508 e. The second-order valence-corrected chi connectivity index (χ2v) is 7.25. The van der Waals surface area contributed by atoms with Gasteiger partial charge in [0, 0.05) is 12.8 Å². The molecule has 0 saturated heterocycles. The van der Waals surface area contributed by atoms with Crippen LogP contribution in [0.2, 0.25) is 0 Å². The number of hydrogen-bond acceptors (Lipinski definition) is 3. The van der Waals surface area contributed by atoms with E-state index in [0.717, 1.165) is 31.2 Å². The standard InChI is InChI=1S/C23H35NO4/c1-2-3-4-5-6-7-8-9-10-11-12-13-22(26)24-21(23(27)28)18-19-14-16-20(25)17-15-19/h5-6,14-17,21,25H,2-4,7-13,18H2,1H3,(H,24,26)(H,27,28)/t21-/m1/s1. The molecule has 156 valence electrons. The average molecular weight is 390 g/mol. The van der Waals surface area contributed by atoms with Gasteiger partial charge in [-0.15, -0.1) is 0 Å². The fraction of sp³-hybridized carbons (Fsp3) is 0.565. The summed E-state index contributed by atoms with van der Waals surface area (Å²) in [7, 11) is 0. The minimum atomic E-state index is -1.05. The molecule has 0 unspecified atom stereocenters. The van der Waals surface area contributed by atoms with Gasteiger partial charge in [-0.1, -0.05) is 63.3 Å². The number of allylic oxidation sites excluding steroid dienone is 2. The zero-order valence-corrected chi connectivity index (χ0v) is 17.0. The molecular weight excluding hydrogens is 354 g/mol. The maximum Gasteiger partial charge on any atom is 0.326 e. The van der Waals surface area contributed by atoms with Gasteiger partial charge in [0.2, 0.25) is 5.91 Å². The Morgan fingerprint density at radius 3 is 2.21 bits per heavy atom. The van der Waals surface area contributed by atoms with Crippen molar-refractivity contribution in [2.75, 3.05) is 0 Å². The first kappa shape index (κ1) is 23.7. The molecule has 0 fully saturated rings. The molecule has 5 nitrogen and oxygen atoms in total. The van der Waals surface area contributed by atoms with Crippen LogP contribution in [-0.4, -0.2) is 28.1 Å². The molecule has 0 aliphatic carbocycles. The molecule has 1 amide bonds. The van der Waals surface area contributed by atoms with Crippen LogP contribution in [0.1, 0.15) is 76.7 Å². The van der Waals surface area contributed by atoms with Gasteiger partial charge in [0.25, 0.3) is 0 Å². The van der Waals surface area contributed by atoms with Gasteiger partial charge in [0.15, 0.2) is 0 Å². The highest BCUT2D eigenvalue weighted by molar-refractivity contribution is 5.83. The van der Waals surface area contributed by atoms with Gasteiger partial charge in [-0.3, -0.25) is 4.79 Å². The van der Waals surface area contributed by atoms with Gasteiger partial charge in [-0.25, -0.2) is 4.79 Å². The smallest absolute Gasteiger partial charge is 0.326 e. The lowest BCUT2D eigenvalue weighted by Crippen LogP contribution is -2.42. The van der Waals surface area contributed by atoms with Crippen LogP contribution in [0.15, 0.2) is 36.4 Å². The number of carboxylic acid groups (broad SMARTS) is 1. The van der Waals surface area contributed by atoms with Crippen LogP contribution in [0.4, 0.5) is 0 Å². The molecule has 5 heteroatoms. The third-order valence-electron chi connectivity index (χ3n) is 4.68. The Kier molecular flexibility index (Phi) is 12.5. The summed E-state index contributed by atoms with van der Waals surface area (Å²) in [6.07, 6.45) is 15.1. The summed E-state index contributed by atoms with van der Waals surface area (Å²) in [6.45, 7) is 2.20. The van der Waals surface area contributed by atoms with Gasteiger partial charge in [0.05, 0.1) is 0 Å². The first-order valence-electron chi connectivity index (χ1n) is 10.5. The summed E-state index contributed by atoms with van der Waals surface area (Å²) in [5.74, 6) is -1.13. The van der Waals surface area contributed by atoms with Gasteiger partial charge in [-0.05, 0) is 43.4 Å². The lowest BCUT2D eigenvalue weighted by molar-refractivity contribution is -0.141. The molecule has 28 heavy (non-hydrogen) atoms. The molecule has 1 aromatic carbocycles. The lowest BCUT2D eigenvalue weighted by atomic mass is 10.0. The second kappa shape index (κ2) is 14.7. The number of carbonyl (C=O) groups is 2. The van der Waals surface area contributed by atoms with E-state index in [1.807, 2.05) is 0 Å². The summed E-state index contributed by atoms with van der Waals surface area (Å²) < 4.78 is 0. The maximum absolute atomic E-state index is 12.0. The quantitative estimate of drug-likeness (QED) is 0.292. The van der Waals surface area contributed by atoms with Crippen LogP contribution in [0.3, 0.4) is 0 Å². The Morgan fingerprint density at radius 1 is 0.964 bits per heavy atom. The molecule has 1 rings (SSSR count). The first-order valence-corrected chi connectivity index (χ1v) is 10.5. The summed E-state index contributed by atoms with van der Waals surface area (Å²) in [5, 5.41) is 21.2. The molecule has 0 aliphatic rings. The van der Waals surface area contributed by atoms with Gasteiger partial charge in [-0.2, -0.15) is 0 Å². The number of benzene rings is 1. The van der Waals surface area contributed by atoms with Crippen molar-refractivity contribution in [3.8, 4) is 5.75 Å². The number of unbranched alkanes of at least 4 members (excludes halogenated alkanes) is 7. The van der Waals surface area contributed by atoms with E-state index >= 15 is 0 Å². The number of hydrogen-bond donors (Lipinski definition) is 3. The molecule has 0 aromatic heterocycles. The van der Waals surface area contributed by atoms with Crippen molar-refractivity contribution in [3.05, 3.63) is 42.0 Å². The molecule has 0 radical (unpaired) electrons. The van der Waals surface area contributed by atoms with Crippen LogP contribution >= 0.6 is 0 Å². The van der Waals surface area contributed by atoms with E-state index in [4.69, 9.17) is 0 Å². The van der Waals surface area contributed by atoms with Crippen LogP contribution in [0.25, 0.3) is 0 Å². The van der Waals surface area contributed by atoms with Crippen molar-refractivity contribution in [2.45, 2.75) is 83.6 Å². The third kappa shape index (κ3) is 11.4. The summed E-state index contributed by atoms with van der Waals surface area (Å²) in [6, 6.07) is 5.40. The van der Waals surface area contributed by atoms with Crippen molar-refractivity contribution < 1.29 is 19.8 Å². The number of aliphatic carboxylic acids is 1. The Bertz CT molecular complexity index is 595. The normalized spacial score (nSPS) is 12.2. The minimum absolute atomic E-state index is 0.132. The number of rotatable bonds is 15. The topological polar surface area (TPSA) is 86.6 Å². The molecule has 0 saturated carbocycles. The van der Waals surface area contributed by atoms with E-state index in [1.54, 1.807) is 12.1 Å². The summed E-state index contributed by atoms with van der Waals surface area (Å²) in [4.78, 5) is 23.4. The zero-order valence-electron chi connectivity index (χ0n) is 17.0. The predicted molar refractivity (Wildman–Crippen MR) is 112 cm³/mol. The molecular formula is C23H35NO4. The Hall–Kier alpha value is -2.30. The van der Waals surface area contributed by atoms with E-state index < -0.39 is 12.0 Å². The van der Waals surface area contributed by atoms with E-state index in [9.17, 15) is 19.8 Å². The highest BCUT2D eigenvalue weighted by atomic mass is 16.4. The molecule has 0 aliphatic heterocycles. The largest absolute Gasteiger partial charge is 0.508 e. The van der Waals surface area contributed by atoms with Crippen LogP contribution < -0.4 is 5.32 Å². The zero-order chi connectivity index (χ0) is 20.6. The SMILES string of the molecule is CCCCC=CCCCCCCCC(=O)N[C@H](Cc1ccc(O)cc1)C(=O)O. The molecule has 0 heterocycles. The first-order chi connectivity index (χ1) is 13.5. The van der Waals surface area contributed by atoms with Crippen LogP contribution in [0.5, 0.6) is 5.75 Å². The van der Waals surface area contributed by atoms with Gasteiger partial charge >= 0.3 is 5.97 Å². The van der Waals surface area contributed by atoms with E-state index in [2.05, 4.69) is 24.4 Å². The Labute approximate surface area is 168 Å². The number of aromatic hydroxyl groups is 1. The van der Waals surface area contributed by atoms with Crippen LogP contribution in [0, 0.1) is 0 Å². The van der Waals surface area contributed by atoms with Gasteiger partial charge < -0.3 is 15.5 Å². The number of carboxylic acids is 1. The Morgan fingerprint density at radius 2 is 1.57 bits per heavy atom. The van der Waals surface area contributed by atoms with E-state index in [0.29, 0.717) is 6.42 Å². The molecule has 1 atom stereocenters. The molecule has 1 aromatic rings. The predicted octanol–water partition coefficient (Wildman–Crippen LogP) is 4.98. The third-order valence-corrected chi connectivity index (χ3v) is 4.68. The van der Waals surface area contributed by atoms with Crippen molar-refractivity contribution in [2.24, 2.45) is 0 Å². The summed E-state index contributed by atoms with van der Waals surface area (Å²) >= 11 is 0. The fourth-order valence-corrected chi connectivity index (χ4v) is 2.97. The number of carbonyl (C=O) groups excluding carboxylic acids is 1. The lowest BCUT2D eigenvalue weighted by Gasteiger charge is -2.14. The highest BCUT2D eigenvalue weighted by Crippen LogP contribution is 2.12. The van der Waals surface area contributed by atoms with Crippen molar-refractivity contribution in [1.82, 2.24) is 5.32 Å². The monoisotopic (exact) mass is 389 g/mol. The fourth-order valence-electron chi connectivity index (χ4n) is 2.97. The maximum atomic E-state index is 12.0. The van der Waals surface area contributed by atoms with Crippen molar-refractivity contribution in [3.63, 3.8) is 0 Å². The van der Waals surface area contributed by atoms with Crippen LogP contribution in [-0.2, 0) is 16.0 Å². The second-order valence-electron chi connectivity index (χ2n) is 7.25. The number of amides is 1.